The second-order valence-electron chi connectivity index (χ2n) is 14.6. The molecule has 6 heteroatoms. The van der Waals surface area contributed by atoms with Crippen LogP contribution in [-0.2, 0) is 4.79 Å². The number of likely N-dealkylation sites (tertiary alicyclic amines) is 1. The standard InChI is InChI=1S/C24H40O3.C10H12N2S/c1-15(4-9-22(26)27)19-7-8-20-18-6-5-16-14-17(25)10-12-23(16,2)21(18)11-13-24(19,20)3;1-12-9(4-5-10(12)13)8-3-2-6-11-7-8/h15-21,25H,4-14H2,1-3H3,(H,26,27);2-3,6-7,9H,4-5H2,1H3/t15-,16-,17-,18+,19-,20+,21+,23+,24-;9-/m10/s1. The molecule has 6 rings (SSSR count). The van der Waals surface area contributed by atoms with Crippen LogP contribution in [0.5, 0.6) is 0 Å². The van der Waals surface area contributed by atoms with E-state index in [0.717, 1.165) is 60.8 Å². The normalized spacial score (nSPS) is 41.3. The lowest BCUT2D eigenvalue weighted by molar-refractivity contribution is -0.138. The van der Waals surface area contributed by atoms with Crippen LogP contribution in [0, 0.1) is 46.3 Å². The van der Waals surface area contributed by atoms with E-state index in [2.05, 4.69) is 43.8 Å². The number of carboxylic acid groups (broad SMARTS) is 1. The Morgan fingerprint density at radius 2 is 1.85 bits per heavy atom. The number of aliphatic hydroxyl groups excluding tert-OH is 1. The fraction of sp³-hybridized carbons (Fsp3) is 0.794. The van der Waals surface area contributed by atoms with Crippen molar-refractivity contribution >= 4 is 23.2 Å². The summed E-state index contributed by atoms with van der Waals surface area (Å²) in [6.45, 7) is 7.43. The smallest absolute Gasteiger partial charge is 0.303 e. The molecule has 0 aromatic carbocycles. The first-order valence-corrected chi connectivity index (χ1v) is 16.5. The number of pyridine rings is 1. The van der Waals surface area contributed by atoms with Crippen molar-refractivity contribution in [1.82, 2.24) is 9.88 Å². The third-order valence-corrected chi connectivity index (χ3v) is 13.3. The summed E-state index contributed by atoms with van der Waals surface area (Å²) >= 11 is 5.22. The van der Waals surface area contributed by atoms with Crippen LogP contribution < -0.4 is 0 Å². The van der Waals surface area contributed by atoms with E-state index in [1.54, 1.807) is 6.20 Å². The number of thiocarbonyl (C=S) groups is 1. The van der Waals surface area contributed by atoms with Crippen molar-refractivity contribution in [2.75, 3.05) is 7.05 Å². The molecule has 0 unspecified atom stereocenters. The topological polar surface area (TPSA) is 73.7 Å². The van der Waals surface area contributed by atoms with Crippen LogP contribution in [0.1, 0.15) is 116 Å². The molecular formula is C34H52N2O3S. The zero-order valence-corrected chi connectivity index (χ0v) is 26.0. The van der Waals surface area contributed by atoms with Crippen molar-refractivity contribution in [1.29, 1.82) is 0 Å². The molecule has 1 aromatic rings. The Bertz CT molecular complexity index is 1050. The van der Waals surface area contributed by atoms with Crippen LogP contribution in [0.15, 0.2) is 24.5 Å². The Hall–Kier alpha value is -1.53. The first-order valence-electron chi connectivity index (χ1n) is 16.1. The number of hydrogen-bond donors (Lipinski definition) is 2. The lowest BCUT2D eigenvalue weighted by Gasteiger charge is -2.61. The minimum Gasteiger partial charge on any atom is -0.481 e. The molecule has 4 saturated carbocycles. The Balaban J connectivity index is 0.000000207. The van der Waals surface area contributed by atoms with Gasteiger partial charge in [0.25, 0.3) is 0 Å². The Morgan fingerprint density at radius 3 is 2.52 bits per heavy atom. The molecule has 0 spiro atoms. The van der Waals surface area contributed by atoms with E-state index in [9.17, 15) is 9.90 Å². The summed E-state index contributed by atoms with van der Waals surface area (Å²) in [6.07, 6.45) is 18.3. The Morgan fingerprint density at radius 1 is 1.10 bits per heavy atom. The zero-order chi connectivity index (χ0) is 28.7. The number of carboxylic acids is 1. The van der Waals surface area contributed by atoms with Crippen molar-refractivity contribution in [3.05, 3.63) is 30.1 Å². The number of carbonyl (C=O) groups is 1. The molecular weight excluding hydrogens is 516 g/mol. The van der Waals surface area contributed by atoms with Gasteiger partial charge in [-0.25, -0.2) is 0 Å². The molecule has 10 atom stereocenters. The molecule has 222 valence electrons. The molecule has 5 nitrogen and oxygen atoms in total. The average Bonchev–Trinajstić information content (AvgIpc) is 3.47. The Labute approximate surface area is 247 Å². The molecule has 4 aliphatic carbocycles. The number of rotatable bonds is 5. The van der Waals surface area contributed by atoms with Crippen molar-refractivity contribution in [2.45, 2.75) is 116 Å². The molecule has 5 fully saturated rings. The highest BCUT2D eigenvalue weighted by atomic mass is 32.1. The van der Waals surface area contributed by atoms with Crippen LogP contribution in [0.3, 0.4) is 0 Å². The quantitative estimate of drug-likeness (QED) is 0.355. The molecule has 0 radical (unpaired) electrons. The fourth-order valence-corrected chi connectivity index (χ4v) is 10.8. The van der Waals surface area contributed by atoms with Crippen LogP contribution >= 0.6 is 12.2 Å². The van der Waals surface area contributed by atoms with E-state index in [1.165, 1.54) is 50.5 Å². The predicted molar refractivity (Wildman–Crippen MR) is 164 cm³/mol. The predicted octanol–water partition coefficient (Wildman–Crippen LogP) is 7.68. The van der Waals surface area contributed by atoms with Gasteiger partial charge >= 0.3 is 5.97 Å². The molecule has 40 heavy (non-hydrogen) atoms. The highest BCUT2D eigenvalue weighted by molar-refractivity contribution is 7.80. The molecule has 5 aliphatic rings. The highest BCUT2D eigenvalue weighted by Crippen LogP contribution is 2.68. The monoisotopic (exact) mass is 568 g/mol. The number of aromatic nitrogens is 1. The molecule has 0 bridgehead atoms. The van der Waals surface area contributed by atoms with E-state index in [1.807, 2.05) is 12.3 Å². The molecule has 1 aromatic heterocycles. The molecule has 0 amide bonds. The summed E-state index contributed by atoms with van der Waals surface area (Å²) in [4.78, 5) is 18.4. The van der Waals surface area contributed by atoms with Crippen LogP contribution in [0.2, 0.25) is 0 Å². The number of aliphatic hydroxyl groups is 1. The average molecular weight is 569 g/mol. The fourth-order valence-electron chi connectivity index (χ4n) is 10.5. The first kappa shape index (κ1) is 29.9. The summed E-state index contributed by atoms with van der Waals surface area (Å²) in [5.74, 6) is 3.91. The second kappa shape index (κ2) is 12.0. The van der Waals surface area contributed by atoms with Gasteiger partial charge in [-0.3, -0.25) is 9.78 Å². The summed E-state index contributed by atoms with van der Waals surface area (Å²) in [5, 5.41) is 19.3. The lowest BCUT2D eigenvalue weighted by atomic mass is 9.44. The van der Waals surface area contributed by atoms with Gasteiger partial charge in [0.2, 0.25) is 0 Å². The minimum absolute atomic E-state index is 0.0561. The van der Waals surface area contributed by atoms with Crippen molar-refractivity contribution in [3.8, 4) is 0 Å². The van der Waals surface area contributed by atoms with Gasteiger partial charge in [-0.2, -0.15) is 0 Å². The number of aliphatic carboxylic acids is 1. The van der Waals surface area contributed by atoms with Gasteiger partial charge in [0.15, 0.2) is 0 Å². The molecule has 1 aliphatic heterocycles. The van der Waals surface area contributed by atoms with Gasteiger partial charge in [-0.15, -0.1) is 0 Å². The third-order valence-electron chi connectivity index (χ3n) is 12.8. The number of hydrogen-bond acceptors (Lipinski definition) is 4. The molecule has 2 N–H and O–H groups in total. The van der Waals surface area contributed by atoms with Crippen LogP contribution in [0.4, 0.5) is 0 Å². The van der Waals surface area contributed by atoms with Crippen molar-refractivity contribution in [3.63, 3.8) is 0 Å². The second-order valence-corrected chi connectivity index (χ2v) is 15.0. The molecule has 1 saturated heterocycles. The SMILES string of the molecule is CN1C(=S)CC[C@H]1c1cccnc1.C[C@H](CCC(=O)O)[C@H]1CC[C@H]2[C@@H]3CC[C@@H]4C[C@H](O)CC[C@]4(C)[C@H]3CC[C@]12C. The van der Waals surface area contributed by atoms with Crippen molar-refractivity contribution in [2.24, 2.45) is 46.3 Å². The van der Waals surface area contributed by atoms with E-state index >= 15 is 0 Å². The third kappa shape index (κ3) is 5.61. The maximum atomic E-state index is 11.0. The van der Waals surface area contributed by atoms with Crippen molar-refractivity contribution < 1.29 is 15.0 Å². The largest absolute Gasteiger partial charge is 0.481 e. The van der Waals surface area contributed by atoms with Gasteiger partial charge in [0.05, 0.1) is 17.1 Å². The van der Waals surface area contributed by atoms with Gasteiger partial charge in [-0.1, -0.05) is 39.1 Å². The van der Waals surface area contributed by atoms with E-state index < -0.39 is 5.97 Å². The minimum atomic E-state index is -0.643. The van der Waals surface area contributed by atoms with Gasteiger partial charge in [0, 0.05) is 32.3 Å². The van der Waals surface area contributed by atoms with E-state index in [-0.39, 0.29) is 6.10 Å². The van der Waals surface area contributed by atoms with Crippen LogP contribution in [0.25, 0.3) is 0 Å². The van der Waals surface area contributed by atoms with E-state index in [4.69, 9.17) is 17.3 Å². The maximum Gasteiger partial charge on any atom is 0.303 e. The summed E-state index contributed by atoms with van der Waals surface area (Å²) < 4.78 is 0. The highest BCUT2D eigenvalue weighted by Gasteiger charge is 2.60. The summed E-state index contributed by atoms with van der Waals surface area (Å²) in [7, 11) is 2.06. The summed E-state index contributed by atoms with van der Waals surface area (Å²) in [5.41, 5.74) is 2.15. The van der Waals surface area contributed by atoms with E-state index in [0.29, 0.717) is 35.1 Å². The number of fused-ring (bicyclic) bond motifs is 5. The zero-order valence-electron chi connectivity index (χ0n) is 25.2. The Kier molecular flexibility index (Phi) is 8.98. The first-order chi connectivity index (χ1) is 19.0. The molecule has 2 heterocycles. The van der Waals surface area contributed by atoms with Gasteiger partial charge in [-0.05, 0) is 129 Å². The number of nitrogens with zero attached hydrogens (tertiary/aromatic N) is 2. The maximum absolute atomic E-state index is 11.0. The summed E-state index contributed by atoms with van der Waals surface area (Å²) in [6, 6.07) is 4.54. The van der Waals surface area contributed by atoms with Gasteiger partial charge in [0.1, 0.15) is 0 Å². The van der Waals surface area contributed by atoms with Crippen LogP contribution in [-0.4, -0.2) is 44.2 Å². The van der Waals surface area contributed by atoms with Gasteiger partial charge < -0.3 is 15.1 Å². The lowest BCUT2D eigenvalue weighted by Crippen LogP contribution is -2.54.